The molecule has 0 bridgehead atoms. The van der Waals surface area contributed by atoms with Gasteiger partial charge >= 0.3 is 6.03 Å². The predicted molar refractivity (Wildman–Crippen MR) is 99.2 cm³/mol. The third-order valence-corrected chi connectivity index (χ3v) is 4.72. The topological polar surface area (TPSA) is 62.7 Å². The molecule has 1 fully saturated rings. The van der Waals surface area contributed by atoms with Crippen molar-refractivity contribution in [2.75, 3.05) is 12.0 Å². The lowest BCUT2D eigenvalue weighted by Crippen LogP contribution is -2.33. The minimum atomic E-state index is -0.516. The van der Waals surface area contributed by atoms with Crippen molar-refractivity contribution in [1.82, 2.24) is 9.88 Å². The van der Waals surface area contributed by atoms with Gasteiger partial charge in [0.1, 0.15) is 11.8 Å². The van der Waals surface area contributed by atoms with Gasteiger partial charge in [0.15, 0.2) is 0 Å². The number of methoxy groups -OCH3 is 1. The molecule has 0 aliphatic carbocycles. The van der Waals surface area contributed by atoms with Crippen LogP contribution in [-0.2, 0) is 11.3 Å². The van der Waals surface area contributed by atoms with Gasteiger partial charge in [0, 0.05) is 18.9 Å². The Hall–Kier alpha value is -2.89. The number of hydrogen-bond donors (Lipinski definition) is 0. The second-order valence-electron chi connectivity index (χ2n) is 6.69. The van der Waals surface area contributed by atoms with Crippen molar-refractivity contribution in [3.8, 4) is 5.75 Å². The van der Waals surface area contributed by atoms with Gasteiger partial charge in [0.05, 0.1) is 12.8 Å². The van der Waals surface area contributed by atoms with E-state index in [1.54, 1.807) is 49.4 Å². The minimum Gasteiger partial charge on any atom is -0.497 e. The van der Waals surface area contributed by atoms with Crippen molar-refractivity contribution in [3.05, 3.63) is 53.9 Å². The van der Waals surface area contributed by atoms with Crippen LogP contribution < -0.4 is 9.64 Å². The van der Waals surface area contributed by atoms with Crippen LogP contribution in [0.15, 0.2) is 42.7 Å². The molecule has 1 aromatic heterocycles. The first kappa shape index (κ1) is 17.9. The van der Waals surface area contributed by atoms with Gasteiger partial charge in [-0.3, -0.25) is 9.78 Å². The third-order valence-electron chi connectivity index (χ3n) is 4.72. The van der Waals surface area contributed by atoms with Crippen molar-refractivity contribution >= 4 is 17.6 Å². The highest BCUT2D eigenvalue weighted by Crippen LogP contribution is 2.29. The Morgan fingerprint density at radius 2 is 1.85 bits per heavy atom. The quantitative estimate of drug-likeness (QED) is 0.771. The molecule has 26 heavy (non-hydrogen) atoms. The summed E-state index contributed by atoms with van der Waals surface area (Å²) in [4.78, 5) is 32.7. The van der Waals surface area contributed by atoms with E-state index in [0.717, 1.165) is 11.1 Å². The van der Waals surface area contributed by atoms with Gasteiger partial charge in [-0.15, -0.1) is 0 Å². The highest BCUT2D eigenvalue weighted by Gasteiger charge is 2.43. The first-order valence-electron chi connectivity index (χ1n) is 8.65. The second kappa shape index (κ2) is 7.15. The molecule has 2 aromatic rings. The highest BCUT2D eigenvalue weighted by atomic mass is 16.5. The van der Waals surface area contributed by atoms with E-state index in [1.165, 1.54) is 4.90 Å². The van der Waals surface area contributed by atoms with Gasteiger partial charge in [0.2, 0.25) is 0 Å². The van der Waals surface area contributed by atoms with Crippen LogP contribution >= 0.6 is 0 Å². The van der Waals surface area contributed by atoms with Crippen molar-refractivity contribution in [3.63, 3.8) is 0 Å². The number of benzene rings is 1. The van der Waals surface area contributed by atoms with Crippen LogP contribution in [0.3, 0.4) is 0 Å². The molecule has 1 saturated heterocycles. The van der Waals surface area contributed by atoms with E-state index in [-0.39, 0.29) is 11.9 Å². The largest absolute Gasteiger partial charge is 0.497 e. The van der Waals surface area contributed by atoms with E-state index in [9.17, 15) is 9.59 Å². The van der Waals surface area contributed by atoms with Crippen LogP contribution in [0, 0.1) is 0 Å². The first-order chi connectivity index (χ1) is 12.4. The molecule has 0 spiro atoms. The SMILES string of the molecule is COc1ccc(N2C(=O)C(C)N(Cc3ccncc3C(C)C)C2=O)cc1. The summed E-state index contributed by atoms with van der Waals surface area (Å²) in [6.07, 6.45) is 3.55. The van der Waals surface area contributed by atoms with Gasteiger partial charge in [-0.1, -0.05) is 13.8 Å². The number of pyridine rings is 1. The summed E-state index contributed by atoms with van der Waals surface area (Å²) in [5.41, 5.74) is 2.65. The summed E-state index contributed by atoms with van der Waals surface area (Å²) in [6, 6.07) is 8.01. The van der Waals surface area contributed by atoms with Crippen LogP contribution in [0.2, 0.25) is 0 Å². The molecule has 1 aliphatic heterocycles. The molecule has 3 amide bonds. The van der Waals surface area contributed by atoms with Gasteiger partial charge in [-0.05, 0) is 54.3 Å². The number of aromatic nitrogens is 1. The van der Waals surface area contributed by atoms with Gasteiger partial charge < -0.3 is 9.64 Å². The Kier molecular flexibility index (Phi) is 4.93. The van der Waals surface area contributed by atoms with E-state index >= 15 is 0 Å². The number of imide groups is 1. The highest BCUT2D eigenvalue weighted by molar-refractivity contribution is 6.21. The van der Waals surface area contributed by atoms with Crippen molar-refractivity contribution in [1.29, 1.82) is 0 Å². The van der Waals surface area contributed by atoms with E-state index in [4.69, 9.17) is 4.74 Å². The molecule has 1 aliphatic rings. The van der Waals surface area contributed by atoms with E-state index in [0.29, 0.717) is 23.9 Å². The predicted octanol–water partition coefficient (Wildman–Crippen LogP) is 3.57. The summed E-state index contributed by atoms with van der Waals surface area (Å²) in [5, 5.41) is 0. The van der Waals surface area contributed by atoms with Crippen molar-refractivity contribution < 1.29 is 14.3 Å². The lowest BCUT2D eigenvalue weighted by molar-refractivity contribution is -0.119. The average molecular weight is 353 g/mol. The molecular formula is C20H23N3O3. The number of nitrogens with zero attached hydrogens (tertiary/aromatic N) is 3. The van der Waals surface area contributed by atoms with Gasteiger partial charge in [-0.25, -0.2) is 9.69 Å². The Morgan fingerprint density at radius 1 is 1.15 bits per heavy atom. The van der Waals surface area contributed by atoms with E-state index in [2.05, 4.69) is 18.8 Å². The van der Waals surface area contributed by atoms with Gasteiger partial charge in [-0.2, -0.15) is 0 Å². The molecule has 136 valence electrons. The summed E-state index contributed by atoms with van der Waals surface area (Å²) < 4.78 is 5.14. The van der Waals surface area contributed by atoms with Crippen LogP contribution in [0.25, 0.3) is 0 Å². The molecule has 3 rings (SSSR count). The minimum absolute atomic E-state index is 0.222. The number of carbonyl (C=O) groups is 2. The molecular weight excluding hydrogens is 330 g/mol. The van der Waals surface area contributed by atoms with Gasteiger partial charge in [0.25, 0.3) is 5.91 Å². The smallest absolute Gasteiger partial charge is 0.332 e. The zero-order chi connectivity index (χ0) is 18.8. The molecule has 1 aromatic carbocycles. The normalized spacial score (nSPS) is 17.3. The van der Waals surface area contributed by atoms with Crippen molar-refractivity contribution in [2.45, 2.75) is 39.3 Å². The molecule has 6 heteroatoms. The Bertz CT molecular complexity index is 817. The maximum absolute atomic E-state index is 13.0. The van der Waals surface area contributed by atoms with Crippen LogP contribution in [0.5, 0.6) is 5.75 Å². The molecule has 0 saturated carbocycles. The van der Waals surface area contributed by atoms with Crippen molar-refractivity contribution in [2.24, 2.45) is 0 Å². The Labute approximate surface area is 153 Å². The van der Waals surface area contributed by atoms with Crippen LogP contribution in [0.1, 0.15) is 37.8 Å². The van der Waals surface area contributed by atoms with E-state index < -0.39 is 6.04 Å². The van der Waals surface area contributed by atoms with E-state index in [1.807, 2.05) is 12.3 Å². The zero-order valence-electron chi connectivity index (χ0n) is 15.5. The number of urea groups is 1. The average Bonchev–Trinajstić information content (AvgIpc) is 2.85. The summed E-state index contributed by atoms with van der Waals surface area (Å²) in [5.74, 6) is 0.747. The molecule has 0 N–H and O–H groups in total. The number of carbonyl (C=O) groups excluding carboxylic acids is 2. The van der Waals surface area contributed by atoms with Crippen LogP contribution in [-0.4, -0.2) is 35.0 Å². The fourth-order valence-corrected chi connectivity index (χ4v) is 3.16. The maximum Gasteiger partial charge on any atom is 0.332 e. The number of anilines is 1. The number of hydrogen-bond acceptors (Lipinski definition) is 4. The number of amides is 3. The molecule has 0 radical (unpaired) electrons. The number of ether oxygens (including phenoxy) is 1. The summed E-state index contributed by atoms with van der Waals surface area (Å²) in [6.45, 7) is 6.32. The monoisotopic (exact) mass is 353 g/mol. The fraction of sp³-hybridized carbons (Fsp3) is 0.350. The standard InChI is InChI=1S/C20H23N3O3/c1-13(2)18-11-21-10-9-15(18)12-22-14(3)19(24)23(20(22)25)16-5-7-17(26-4)8-6-16/h5-11,13-14H,12H2,1-4H3. The number of rotatable bonds is 5. The van der Waals surface area contributed by atoms with Crippen LogP contribution in [0.4, 0.5) is 10.5 Å². The third kappa shape index (κ3) is 3.14. The molecule has 1 unspecified atom stereocenters. The lowest BCUT2D eigenvalue weighted by atomic mass is 9.99. The summed E-state index contributed by atoms with van der Waals surface area (Å²) in [7, 11) is 1.58. The first-order valence-corrected chi connectivity index (χ1v) is 8.65. The second-order valence-corrected chi connectivity index (χ2v) is 6.69. The summed E-state index contributed by atoms with van der Waals surface area (Å²) >= 11 is 0. The molecule has 1 atom stereocenters. The maximum atomic E-state index is 13.0. The fourth-order valence-electron chi connectivity index (χ4n) is 3.16. The molecule has 6 nitrogen and oxygen atoms in total. The lowest BCUT2D eigenvalue weighted by Gasteiger charge is -2.22. The zero-order valence-corrected chi connectivity index (χ0v) is 15.5. The Morgan fingerprint density at radius 3 is 2.46 bits per heavy atom. The molecule has 2 heterocycles. The Balaban J connectivity index is 1.88.